The molecular weight excluding hydrogens is 214 g/mol. The number of nitrogens with one attached hydrogen (secondary N) is 1. The second kappa shape index (κ2) is 4.47. The fraction of sp³-hybridized carbons (Fsp3) is 0.444. The lowest BCUT2D eigenvalue weighted by Gasteiger charge is -2.09. The Kier molecular flexibility index (Phi) is 3.50. The molecule has 1 aromatic heterocycles. The average Bonchev–Trinajstić information content (AvgIpc) is 2.51. The zero-order valence-electron chi connectivity index (χ0n) is 8.64. The van der Waals surface area contributed by atoms with E-state index in [9.17, 15) is 8.42 Å². The highest BCUT2D eigenvalue weighted by Crippen LogP contribution is 2.05. The van der Waals surface area contributed by atoms with Crippen molar-refractivity contribution < 1.29 is 8.42 Å². The van der Waals surface area contributed by atoms with Crippen molar-refractivity contribution in [2.45, 2.75) is 24.4 Å². The van der Waals surface area contributed by atoms with Crippen LogP contribution in [0.5, 0.6) is 0 Å². The number of hydrogen-bond acceptors (Lipinski definition) is 3. The highest BCUT2D eigenvalue weighted by Gasteiger charge is 2.18. The van der Waals surface area contributed by atoms with Crippen LogP contribution in [0, 0.1) is 12.3 Å². The van der Waals surface area contributed by atoms with E-state index in [1.54, 1.807) is 18.5 Å². The van der Waals surface area contributed by atoms with E-state index in [0.29, 0.717) is 6.42 Å². The zero-order valence-corrected chi connectivity index (χ0v) is 9.45. The van der Waals surface area contributed by atoms with Gasteiger partial charge in [-0.1, -0.05) is 0 Å². The largest absolute Gasteiger partial charge is 0.339 e. The number of nitrogens with zero attached hydrogens (tertiary/aromatic N) is 2. The topological polar surface area (TPSA) is 64.0 Å². The van der Waals surface area contributed by atoms with Crippen LogP contribution < -0.4 is 4.72 Å². The summed E-state index contributed by atoms with van der Waals surface area (Å²) in [5, 5.41) is 0.00821. The minimum atomic E-state index is -3.54. The molecule has 5 nitrogen and oxygen atoms in total. The third-order valence-electron chi connectivity index (χ3n) is 1.74. The molecule has 0 spiro atoms. The quantitative estimate of drug-likeness (QED) is 0.743. The van der Waals surface area contributed by atoms with Crippen molar-refractivity contribution in [3.8, 4) is 12.3 Å². The highest BCUT2D eigenvalue weighted by atomic mass is 32.2. The molecule has 15 heavy (non-hydrogen) atoms. The van der Waals surface area contributed by atoms with E-state index in [1.165, 1.54) is 12.5 Å². The summed E-state index contributed by atoms with van der Waals surface area (Å²) in [7, 11) is -1.83. The summed E-state index contributed by atoms with van der Waals surface area (Å²) >= 11 is 0. The molecule has 0 saturated carbocycles. The van der Waals surface area contributed by atoms with Gasteiger partial charge in [0, 0.05) is 25.7 Å². The van der Waals surface area contributed by atoms with Crippen LogP contribution >= 0.6 is 0 Å². The smallest absolute Gasteiger partial charge is 0.259 e. The molecule has 1 atom stereocenters. The fourth-order valence-electron chi connectivity index (χ4n) is 1.07. The minimum Gasteiger partial charge on any atom is -0.339 e. The van der Waals surface area contributed by atoms with E-state index in [2.05, 4.69) is 15.6 Å². The van der Waals surface area contributed by atoms with Gasteiger partial charge in [0.15, 0.2) is 5.03 Å². The SMILES string of the molecule is C#CCC(C)NS(=O)(=O)c1cn(C)cn1. The molecule has 0 aromatic carbocycles. The van der Waals surface area contributed by atoms with Gasteiger partial charge in [-0.15, -0.1) is 12.3 Å². The molecular formula is C9H13N3O2S. The van der Waals surface area contributed by atoms with Gasteiger partial charge in [-0.25, -0.2) is 18.1 Å². The Morgan fingerprint density at radius 2 is 2.40 bits per heavy atom. The van der Waals surface area contributed by atoms with E-state index < -0.39 is 10.0 Å². The molecule has 0 fully saturated rings. The van der Waals surface area contributed by atoms with E-state index in [0.717, 1.165) is 0 Å². The van der Waals surface area contributed by atoms with Crippen LogP contribution in [-0.2, 0) is 17.1 Å². The summed E-state index contributed by atoms with van der Waals surface area (Å²) in [5.41, 5.74) is 0. The van der Waals surface area contributed by atoms with Gasteiger partial charge in [0.05, 0.1) is 6.33 Å². The van der Waals surface area contributed by atoms with Crippen LogP contribution in [-0.4, -0.2) is 24.0 Å². The van der Waals surface area contributed by atoms with Gasteiger partial charge in [0.2, 0.25) is 0 Å². The Morgan fingerprint density at radius 1 is 1.73 bits per heavy atom. The van der Waals surface area contributed by atoms with Crippen molar-refractivity contribution in [2.75, 3.05) is 0 Å². The molecule has 1 heterocycles. The summed E-state index contributed by atoms with van der Waals surface area (Å²) < 4.78 is 27.4. The second-order valence-electron chi connectivity index (χ2n) is 3.31. The molecule has 6 heteroatoms. The lowest BCUT2D eigenvalue weighted by atomic mass is 10.3. The Balaban J connectivity index is 2.81. The van der Waals surface area contributed by atoms with Crippen LogP contribution in [0.4, 0.5) is 0 Å². The summed E-state index contributed by atoms with van der Waals surface area (Å²) in [5.74, 6) is 2.39. The van der Waals surface area contributed by atoms with Crippen LogP contribution in [0.15, 0.2) is 17.6 Å². The summed E-state index contributed by atoms with van der Waals surface area (Å²) in [4.78, 5) is 3.76. The Labute approximate surface area is 89.6 Å². The van der Waals surface area contributed by atoms with Crippen molar-refractivity contribution in [1.29, 1.82) is 0 Å². The predicted molar refractivity (Wildman–Crippen MR) is 56.4 cm³/mol. The first kappa shape index (κ1) is 11.8. The van der Waals surface area contributed by atoms with Gasteiger partial charge >= 0.3 is 0 Å². The summed E-state index contributed by atoms with van der Waals surface area (Å²) in [6, 6.07) is -0.290. The van der Waals surface area contributed by atoms with Crippen LogP contribution in [0.2, 0.25) is 0 Å². The number of aromatic nitrogens is 2. The van der Waals surface area contributed by atoms with E-state index in [1.807, 2.05) is 0 Å². The number of aryl methyl sites for hydroxylation is 1. The van der Waals surface area contributed by atoms with Gasteiger partial charge in [-0.2, -0.15) is 0 Å². The van der Waals surface area contributed by atoms with Gasteiger partial charge < -0.3 is 4.57 Å². The maximum Gasteiger partial charge on any atom is 0.259 e. The Morgan fingerprint density at radius 3 is 2.87 bits per heavy atom. The lowest BCUT2D eigenvalue weighted by Crippen LogP contribution is -2.32. The van der Waals surface area contributed by atoms with Crippen LogP contribution in [0.25, 0.3) is 0 Å². The zero-order chi connectivity index (χ0) is 11.5. The summed E-state index contributed by atoms with van der Waals surface area (Å²) in [6.07, 6.45) is 8.31. The Hall–Kier alpha value is -1.32. The normalized spacial score (nSPS) is 13.4. The van der Waals surface area contributed by atoms with E-state index in [-0.39, 0.29) is 11.1 Å². The number of hydrogen-bond donors (Lipinski definition) is 1. The first-order valence-electron chi connectivity index (χ1n) is 4.39. The van der Waals surface area contributed by atoms with Crippen molar-refractivity contribution in [3.05, 3.63) is 12.5 Å². The average molecular weight is 227 g/mol. The molecule has 0 saturated heterocycles. The molecule has 0 aliphatic carbocycles. The predicted octanol–water partition coefficient (Wildman–Crippen LogP) is 0.110. The molecule has 1 N–H and O–H groups in total. The Bertz CT molecular complexity index is 470. The number of terminal acetylenes is 1. The molecule has 1 rings (SSSR count). The first-order valence-corrected chi connectivity index (χ1v) is 5.88. The van der Waals surface area contributed by atoms with Crippen LogP contribution in [0.3, 0.4) is 0 Å². The van der Waals surface area contributed by atoms with Crippen molar-refractivity contribution in [2.24, 2.45) is 7.05 Å². The molecule has 0 aliphatic heterocycles. The van der Waals surface area contributed by atoms with Gasteiger partial charge in [0.25, 0.3) is 10.0 Å². The number of rotatable bonds is 4. The first-order chi connectivity index (χ1) is 6.95. The molecule has 82 valence electrons. The van der Waals surface area contributed by atoms with E-state index >= 15 is 0 Å². The second-order valence-corrected chi connectivity index (χ2v) is 4.97. The van der Waals surface area contributed by atoms with Gasteiger partial charge in [-0.05, 0) is 6.92 Å². The highest BCUT2D eigenvalue weighted by molar-refractivity contribution is 7.89. The monoisotopic (exact) mass is 227 g/mol. The maximum absolute atomic E-state index is 11.7. The number of imidazole rings is 1. The minimum absolute atomic E-state index is 0.00821. The molecule has 0 aliphatic rings. The molecule has 0 bridgehead atoms. The van der Waals surface area contributed by atoms with E-state index in [4.69, 9.17) is 6.42 Å². The van der Waals surface area contributed by atoms with Gasteiger partial charge in [-0.3, -0.25) is 0 Å². The van der Waals surface area contributed by atoms with Crippen molar-refractivity contribution in [1.82, 2.24) is 14.3 Å². The maximum atomic E-state index is 11.7. The molecule has 0 radical (unpaired) electrons. The van der Waals surface area contributed by atoms with Gasteiger partial charge in [0.1, 0.15) is 0 Å². The standard InChI is InChI=1S/C9H13N3O2S/c1-4-5-8(2)11-15(13,14)9-6-12(3)7-10-9/h1,6-8,11H,5H2,2-3H3. The number of sulfonamides is 1. The lowest BCUT2D eigenvalue weighted by molar-refractivity contribution is 0.560. The molecule has 1 unspecified atom stereocenters. The summed E-state index contributed by atoms with van der Waals surface area (Å²) in [6.45, 7) is 1.71. The molecule has 1 aromatic rings. The van der Waals surface area contributed by atoms with Crippen molar-refractivity contribution >= 4 is 10.0 Å². The fourth-order valence-corrected chi connectivity index (χ4v) is 2.30. The van der Waals surface area contributed by atoms with Crippen LogP contribution in [0.1, 0.15) is 13.3 Å². The third kappa shape index (κ3) is 3.08. The molecule has 0 amide bonds. The van der Waals surface area contributed by atoms with Crippen molar-refractivity contribution in [3.63, 3.8) is 0 Å². The third-order valence-corrected chi connectivity index (χ3v) is 3.21.